The van der Waals surface area contributed by atoms with Gasteiger partial charge < -0.3 is 15.0 Å². The normalized spacial score (nSPS) is 21.4. The van der Waals surface area contributed by atoms with Crippen LogP contribution in [0.25, 0.3) is 27.8 Å². The highest BCUT2D eigenvalue weighted by molar-refractivity contribution is 7.89. The van der Waals surface area contributed by atoms with Gasteiger partial charge in [-0.25, -0.2) is 22.6 Å². The van der Waals surface area contributed by atoms with Crippen LogP contribution in [0, 0.1) is 11.7 Å². The number of H-pyrrole nitrogens is 1. The SMILES string of the molecule is CC(C)Oc1c(-c2cn[nH]c2)ncn2nc(Nc3ccc(S(=O)(=O)N4CCCC(CN5CCN(c6ccc7c(N8CCC(=O)NC8=O)nn(C)c7c6)C6CC65)C4)cc3F)nc12. The molecule has 3 saturated heterocycles. The average Bonchev–Trinajstić information content (AvgIpc) is 3.50. The van der Waals surface area contributed by atoms with Gasteiger partial charge in [-0.3, -0.25) is 29.7 Å². The number of aromatic amines is 1. The molecule has 19 nitrogen and oxygen atoms in total. The number of nitrogens with one attached hydrogen (secondary N) is 3. The van der Waals surface area contributed by atoms with Gasteiger partial charge in [-0.1, -0.05) is 0 Å². The number of imide groups is 1. The van der Waals surface area contributed by atoms with Crippen LogP contribution in [0.3, 0.4) is 0 Å². The third kappa shape index (κ3) is 7.18. The lowest BCUT2D eigenvalue weighted by Gasteiger charge is -2.39. The second-order valence-corrected chi connectivity index (χ2v) is 18.3. The van der Waals surface area contributed by atoms with E-state index in [1.165, 1.54) is 32.2 Å². The van der Waals surface area contributed by atoms with Gasteiger partial charge in [-0.2, -0.15) is 24.0 Å². The topological polar surface area (TPSA) is 204 Å². The molecule has 318 valence electrons. The summed E-state index contributed by atoms with van der Waals surface area (Å²) in [6, 6.07) is 10.3. The van der Waals surface area contributed by atoms with E-state index in [0.717, 1.165) is 61.6 Å². The quantitative estimate of drug-likeness (QED) is 0.170. The number of amides is 3. The Labute approximate surface area is 349 Å². The van der Waals surface area contributed by atoms with Crippen LogP contribution in [-0.4, -0.2) is 127 Å². The highest BCUT2D eigenvalue weighted by Crippen LogP contribution is 2.42. The van der Waals surface area contributed by atoms with Gasteiger partial charge in [0.2, 0.25) is 27.5 Å². The molecule has 1 saturated carbocycles. The maximum absolute atomic E-state index is 15.7. The van der Waals surface area contributed by atoms with Crippen molar-refractivity contribution in [3.05, 3.63) is 60.9 Å². The van der Waals surface area contributed by atoms with Crippen molar-refractivity contribution in [1.29, 1.82) is 0 Å². The number of sulfonamides is 1. The van der Waals surface area contributed by atoms with Crippen molar-refractivity contribution in [3.63, 3.8) is 0 Å². The second kappa shape index (κ2) is 15.1. The number of nitrogens with zero attached hydrogens (tertiary/aromatic N) is 11. The highest BCUT2D eigenvalue weighted by atomic mass is 32.2. The summed E-state index contributed by atoms with van der Waals surface area (Å²) < 4.78 is 54.4. The molecule has 10 rings (SSSR count). The van der Waals surface area contributed by atoms with Gasteiger partial charge in [-0.15, -0.1) is 5.10 Å². The molecule has 6 aromatic rings. The number of ether oxygens (including phenoxy) is 1. The van der Waals surface area contributed by atoms with Crippen molar-refractivity contribution >= 4 is 61.7 Å². The molecule has 3 N–H and O–H groups in total. The van der Waals surface area contributed by atoms with Crippen LogP contribution in [0.5, 0.6) is 5.75 Å². The summed E-state index contributed by atoms with van der Waals surface area (Å²) >= 11 is 0. The fraction of sp³-hybridized carbons (Fsp3) is 0.425. The summed E-state index contributed by atoms with van der Waals surface area (Å²) in [5.74, 6) is 0.115. The first-order chi connectivity index (χ1) is 29.4. The van der Waals surface area contributed by atoms with Gasteiger partial charge in [0, 0.05) is 87.7 Å². The molecule has 3 amide bonds. The van der Waals surface area contributed by atoms with Crippen LogP contribution in [0.4, 0.5) is 32.3 Å². The van der Waals surface area contributed by atoms with Crippen LogP contribution in [-0.2, 0) is 21.9 Å². The largest absolute Gasteiger partial charge is 0.485 e. The van der Waals surface area contributed by atoms with Crippen molar-refractivity contribution in [2.75, 3.05) is 54.4 Å². The van der Waals surface area contributed by atoms with Gasteiger partial charge in [-0.05, 0) is 75.4 Å². The van der Waals surface area contributed by atoms with Crippen molar-refractivity contribution < 1.29 is 27.1 Å². The zero-order valence-corrected chi connectivity index (χ0v) is 34.6. The molecule has 61 heavy (non-hydrogen) atoms. The zero-order valence-electron chi connectivity index (χ0n) is 33.8. The molecular weight excluding hydrogens is 808 g/mol. The molecule has 4 aliphatic rings. The Bertz CT molecular complexity index is 2790. The zero-order chi connectivity index (χ0) is 42.2. The Morgan fingerprint density at radius 2 is 1.92 bits per heavy atom. The molecule has 4 fully saturated rings. The molecular formula is C40H45FN14O5S. The van der Waals surface area contributed by atoms with E-state index in [2.05, 4.69) is 62.9 Å². The first-order valence-corrected chi connectivity index (χ1v) is 21.9. The number of hydrogen-bond acceptors (Lipinski definition) is 13. The Kier molecular flexibility index (Phi) is 9.63. The monoisotopic (exact) mass is 852 g/mol. The summed E-state index contributed by atoms with van der Waals surface area (Å²) in [6.45, 7) is 7.25. The third-order valence-electron chi connectivity index (χ3n) is 11.9. The minimum absolute atomic E-state index is 0.0223. The lowest BCUT2D eigenvalue weighted by atomic mass is 9.98. The maximum atomic E-state index is 15.7. The number of aryl methyl sites for hydroxylation is 1. The van der Waals surface area contributed by atoms with E-state index >= 15 is 4.39 Å². The number of anilines is 4. The number of aromatic nitrogens is 8. The van der Waals surface area contributed by atoms with Gasteiger partial charge in [0.25, 0.3) is 0 Å². The number of hydrogen-bond donors (Lipinski definition) is 3. The Hall–Kier alpha value is -6.19. The molecule has 3 atom stereocenters. The first-order valence-electron chi connectivity index (χ1n) is 20.5. The number of carbonyl (C=O) groups is 2. The van der Waals surface area contributed by atoms with E-state index in [9.17, 15) is 18.0 Å². The van der Waals surface area contributed by atoms with Crippen LogP contribution in [0.15, 0.2) is 60.0 Å². The number of fused-ring (bicyclic) bond motifs is 3. The minimum atomic E-state index is -3.97. The van der Waals surface area contributed by atoms with E-state index in [4.69, 9.17) is 4.74 Å². The Balaban J connectivity index is 0.783. The van der Waals surface area contributed by atoms with Crippen LogP contribution in [0.1, 0.15) is 39.5 Å². The summed E-state index contributed by atoms with van der Waals surface area (Å²) in [5.41, 5.74) is 3.61. The van der Waals surface area contributed by atoms with Gasteiger partial charge in [0.05, 0.1) is 28.4 Å². The summed E-state index contributed by atoms with van der Waals surface area (Å²) in [4.78, 5) is 39.6. The maximum Gasteiger partial charge on any atom is 0.329 e. The van der Waals surface area contributed by atoms with Gasteiger partial charge >= 0.3 is 6.03 Å². The number of urea groups is 1. The second-order valence-electron chi connectivity index (χ2n) is 16.4. The predicted molar refractivity (Wildman–Crippen MR) is 223 cm³/mol. The summed E-state index contributed by atoms with van der Waals surface area (Å²) in [5, 5.41) is 21.9. The molecule has 0 bridgehead atoms. The molecule has 3 aliphatic heterocycles. The standard InChI is InChI=1S/C40H45FN14O5S/c1-23(2)60-36-35(25-18-43-44-19-25)42-22-55-38(36)47-39(49-55)45-30-9-7-27(16-29(30)41)61(58,59)52-11-4-5-24(21-52)20-51-13-14-53(33-17-32(33)51)26-6-8-28-31(15-26)50(3)48-37(28)54-12-10-34(56)46-40(54)57/h6-9,15-16,18-19,22-24,32-33H,4-5,10-14,17,20-21H2,1-3H3,(H,43,44)(H,45,49)(H,46,56,57). The minimum Gasteiger partial charge on any atom is -0.485 e. The smallest absolute Gasteiger partial charge is 0.329 e. The molecule has 2 aromatic carbocycles. The predicted octanol–water partition coefficient (Wildman–Crippen LogP) is 3.88. The number of halogens is 1. The molecule has 3 unspecified atom stereocenters. The molecule has 0 radical (unpaired) electrons. The number of piperazine rings is 1. The fourth-order valence-electron chi connectivity index (χ4n) is 8.95. The molecule has 21 heteroatoms. The molecule has 7 heterocycles. The summed E-state index contributed by atoms with van der Waals surface area (Å²) in [7, 11) is -2.11. The number of piperidine rings is 1. The first kappa shape index (κ1) is 39.0. The van der Waals surface area contributed by atoms with Gasteiger partial charge in [0.1, 0.15) is 17.8 Å². The highest BCUT2D eigenvalue weighted by Gasteiger charge is 2.49. The Morgan fingerprint density at radius 1 is 1.05 bits per heavy atom. The van der Waals surface area contributed by atoms with E-state index < -0.39 is 21.9 Å². The molecule has 1 aliphatic carbocycles. The third-order valence-corrected chi connectivity index (χ3v) is 13.8. The lowest BCUT2D eigenvalue weighted by Crippen LogP contribution is -2.50. The van der Waals surface area contributed by atoms with E-state index in [0.29, 0.717) is 53.6 Å². The fourth-order valence-corrected chi connectivity index (χ4v) is 10.5. The van der Waals surface area contributed by atoms with Crippen LogP contribution >= 0.6 is 0 Å². The number of carbonyl (C=O) groups excluding carboxylic acids is 2. The van der Waals surface area contributed by atoms with Crippen molar-refractivity contribution in [2.24, 2.45) is 13.0 Å². The number of rotatable bonds is 11. The molecule has 0 spiro atoms. The van der Waals surface area contributed by atoms with Crippen molar-refractivity contribution in [2.45, 2.75) is 62.6 Å². The van der Waals surface area contributed by atoms with Crippen LogP contribution < -0.4 is 25.2 Å². The van der Waals surface area contributed by atoms with E-state index in [1.807, 2.05) is 27.0 Å². The van der Waals surface area contributed by atoms with E-state index in [1.54, 1.807) is 17.1 Å². The summed E-state index contributed by atoms with van der Waals surface area (Å²) in [6.07, 6.45) is 7.49. The van der Waals surface area contributed by atoms with Crippen molar-refractivity contribution in [3.8, 4) is 17.0 Å². The number of benzene rings is 2. The van der Waals surface area contributed by atoms with Crippen molar-refractivity contribution in [1.82, 2.24) is 54.1 Å². The van der Waals surface area contributed by atoms with Gasteiger partial charge in [0.15, 0.2) is 11.6 Å². The molecule has 4 aromatic heterocycles. The van der Waals surface area contributed by atoms with Crippen LogP contribution in [0.2, 0.25) is 0 Å². The Morgan fingerprint density at radius 3 is 2.70 bits per heavy atom. The van der Waals surface area contributed by atoms with E-state index in [-0.39, 0.29) is 47.4 Å². The lowest BCUT2D eigenvalue weighted by molar-refractivity contribution is -0.120. The average molecular weight is 853 g/mol.